The fourth-order valence-electron chi connectivity index (χ4n) is 6.95. The summed E-state index contributed by atoms with van der Waals surface area (Å²) in [6.45, 7) is 10.4. The van der Waals surface area contributed by atoms with Crippen LogP contribution in [0.25, 0.3) is 0 Å². The molecular weight excluding hydrogens is 542 g/mol. The minimum absolute atomic E-state index is 0.0199. The van der Waals surface area contributed by atoms with Crippen LogP contribution in [0.1, 0.15) is 69.5 Å². The summed E-state index contributed by atoms with van der Waals surface area (Å²) in [6, 6.07) is -0.858. The van der Waals surface area contributed by atoms with E-state index >= 15 is 0 Å². The highest BCUT2D eigenvalue weighted by atomic mass is 32.1. The maximum absolute atomic E-state index is 13.9. The van der Waals surface area contributed by atoms with Crippen LogP contribution in [0.3, 0.4) is 0 Å². The second-order valence-electron chi connectivity index (χ2n) is 13.7. The van der Waals surface area contributed by atoms with Gasteiger partial charge in [0, 0.05) is 51.2 Å². The molecule has 4 fully saturated rings. The van der Waals surface area contributed by atoms with Crippen molar-refractivity contribution >= 4 is 35.0 Å². The molecule has 5 rings (SSSR count). The van der Waals surface area contributed by atoms with Crippen LogP contribution in [0.2, 0.25) is 0 Å². The lowest BCUT2D eigenvalue weighted by molar-refractivity contribution is -0.152. The van der Waals surface area contributed by atoms with Gasteiger partial charge in [0.15, 0.2) is 0 Å². The Hall–Kier alpha value is -2.53. The standard InChI is InChI=1S/C30H45N5O5S/c1-18-6-8-20(9-7-18)13-40-19(2)24(26(37)31-5)33-25(36)22-12-34(28(39)23-11-32-17-41-23)14-30(22)15-35(16-30)27(38)21-10-29(21,3)4/h11,17-22,24H,6-10,12-16H2,1-5H3,(H,31,37)(H,33,36)/t18?,19-,20?,21-,22+,24+/m1/s1. The van der Waals surface area contributed by atoms with Crippen LogP contribution in [0.5, 0.6) is 0 Å². The average Bonchev–Trinajstić information content (AvgIpc) is 3.31. The number of nitrogens with one attached hydrogen (secondary N) is 2. The Labute approximate surface area is 247 Å². The zero-order valence-corrected chi connectivity index (χ0v) is 25.8. The van der Waals surface area contributed by atoms with Gasteiger partial charge in [-0.2, -0.15) is 0 Å². The second-order valence-corrected chi connectivity index (χ2v) is 14.6. The fourth-order valence-corrected chi connectivity index (χ4v) is 7.53. The van der Waals surface area contributed by atoms with Gasteiger partial charge in [-0.1, -0.05) is 33.6 Å². The van der Waals surface area contributed by atoms with Crippen molar-refractivity contribution in [1.82, 2.24) is 25.4 Å². The number of nitrogens with zero attached hydrogens (tertiary/aromatic N) is 3. The first kappa shape index (κ1) is 29.9. The van der Waals surface area contributed by atoms with Gasteiger partial charge >= 0.3 is 0 Å². The number of aromatic nitrogens is 1. The smallest absolute Gasteiger partial charge is 0.265 e. The molecule has 3 heterocycles. The van der Waals surface area contributed by atoms with E-state index < -0.39 is 23.5 Å². The summed E-state index contributed by atoms with van der Waals surface area (Å²) in [4.78, 5) is 61.3. The van der Waals surface area contributed by atoms with Gasteiger partial charge in [-0.25, -0.2) is 0 Å². The van der Waals surface area contributed by atoms with Crippen molar-refractivity contribution in [2.24, 2.45) is 34.5 Å². The molecule has 226 valence electrons. The average molecular weight is 588 g/mol. The first-order chi connectivity index (χ1) is 19.4. The van der Waals surface area contributed by atoms with Gasteiger partial charge in [0.1, 0.15) is 10.9 Å². The van der Waals surface area contributed by atoms with E-state index in [2.05, 4.69) is 36.4 Å². The van der Waals surface area contributed by atoms with E-state index in [1.165, 1.54) is 24.2 Å². The molecule has 2 aliphatic carbocycles. The van der Waals surface area contributed by atoms with Gasteiger partial charge in [-0.05, 0) is 43.4 Å². The Morgan fingerprint density at radius 2 is 1.76 bits per heavy atom. The summed E-state index contributed by atoms with van der Waals surface area (Å²) in [5, 5.41) is 5.66. The minimum Gasteiger partial charge on any atom is -0.376 e. The van der Waals surface area contributed by atoms with Crippen LogP contribution < -0.4 is 10.6 Å². The number of carbonyl (C=O) groups excluding carboxylic acids is 4. The van der Waals surface area contributed by atoms with Crippen molar-refractivity contribution in [1.29, 1.82) is 0 Å². The normalized spacial score (nSPS) is 29.4. The molecule has 2 N–H and O–H groups in total. The maximum atomic E-state index is 13.9. The second kappa shape index (κ2) is 11.6. The van der Waals surface area contributed by atoms with E-state index in [1.807, 2.05) is 11.8 Å². The molecule has 0 aromatic carbocycles. The summed E-state index contributed by atoms with van der Waals surface area (Å²) in [5.41, 5.74) is 1.09. The molecule has 1 aromatic rings. The lowest BCUT2D eigenvalue weighted by Gasteiger charge is -2.50. The van der Waals surface area contributed by atoms with Gasteiger partial charge in [0.25, 0.3) is 5.91 Å². The van der Waals surface area contributed by atoms with Gasteiger partial charge in [0.2, 0.25) is 17.7 Å². The number of ether oxygens (including phenoxy) is 1. The Bertz CT molecular complexity index is 1140. The number of hydrogen-bond donors (Lipinski definition) is 2. The monoisotopic (exact) mass is 587 g/mol. The highest BCUT2D eigenvalue weighted by Crippen LogP contribution is 2.54. The first-order valence-corrected chi connectivity index (χ1v) is 15.9. The lowest BCUT2D eigenvalue weighted by Crippen LogP contribution is -2.65. The van der Waals surface area contributed by atoms with E-state index in [9.17, 15) is 19.2 Å². The van der Waals surface area contributed by atoms with Gasteiger partial charge < -0.3 is 25.2 Å². The summed E-state index contributed by atoms with van der Waals surface area (Å²) < 4.78 is 6.17. The number of likely N-dealkylation sites (tertiary alicyclic amines) is 2. The van der Waals surface area contributed by atoms with Crippen molar-refractivity contribution in [3.05, 3.63) is 16.6 Å². The predicted octanol–water partition coefficient (Wildman–Crippen LogP) is 2.55. The first-order valence-electron chi connectivity index (χ1n) is 15.0. The Morgan fingerprint density at radius 3 is 2.34 bits per heavy atom. The molecule has 11 heteroatoms. The van der Waals surface area contributed by atoms with E-state index in [4.69, 9.17) is 4.74 Å². The molecule has 4 amide bonds. The molecule has 1 spiro atoms. The third-order valence-electron chi connectivity index (χ3n) is 10.1. The minimum atomic E-state index is -0.858. The van der Waals surface area contributed by atoms with Crippen molar-refractivity contribution < 1.29 is 23.9 Å². The number of carbonyl (C=O) groups is 4. The van der Waals surface area contributed by atoms with E-state index in [-0.39, 0.29) is 41.5 Å². The van der Waals surface area contributed by atoms with Crippen LogP contribution in [0.15, 0.2) is 11.7 Å². The van der Waals surface area contributed by atoms with Gasteiger partial charge in [-0.15, -0.1) is 11.3 Å². The summed E-state index contributed by atoms with van der Waals surface area (Å²) in [6.07, 6.45) is 6.53. The third kappa shape index (κ3) is 6.16. The molecule has 10 nitrogen and oxygen atoms in total. The molecule has 2 saturated carbocycles. The number of hydrogen-bond acceptors (Lipinski definition) is 7. The SMILES string of the molecule is CNC(=O)[C@@H](NC(=O)[C@@H]1CN(C(=O)c2cncs2)CC12CN(C(=O)[C@H]1CC1(C)C)C2)[C@@H](C)OCC1CCC(C)CC1. The van der Waals surface area contributed by atoms with Crippen LogP contribution in [-0.4, -0.2) is 90.4 Å². The number of amides is 4. The largest absolute Gasteiger partial charge is 0.376 e. The van der Waals surface area contributed by atoms with Crippen LogP contribution >= 0.6 is 11.3 Å². The van der Waals surface area contributed by atoms with E-state index in [1.54, 1.807) is 23.7 Å². The molecule has 0 radical (unpaired) electrons. The molecule has 1 aromatic heterocycles. The van der Waals surface area contributed by atoms with Crippen molar-refractivity contribution in [3.63, 3.8) is 0 Å². The van der Waals surface area contributed by atoms with E-state index in [0.717, 1.165) is 25.2 Å². The highest BCUT2D eigenvalue weighted by molar-refractivity contribution is 7.11. The summed E-state index contributed by atoms with van der Waals surface area (Å²) >= 11 is 1.27. The topological polar surface area (TPSA) is 121 Å². The molecular formula is C30H45N5O5S. The van der Waals surface area contributed by atoms with Crippen LogP contribution in [0.4, 0.5) is 0 Å². The fraction of sp³-hybridized carbons (Fsp3) is 0.767. The van der Waals surface area contributed by atoms with Crippen molar-refractivity contribution in [2.75, 3.05) is 39.8 Å². The van der Waals surface area contributed by atoms with Crippen LogP contribution in [0, 0.1) is 34.5 Å². The van der Waals surface area contributed by atoms with Gasteiger partial charge in [-0.3, -0.25) is 24.2 Å². The van der Waals surface area contributed by atoms with Crippen molar-refractivity contribution in [2.45, 2.75) is 71.9 Å². The summed E-state index contributed by atoms with van der Waals surface area (Å²) in [7, 11) is 1.55. The molecule has 0 bridgehead atoms. The number of likely N-dealkylation sites (N-methyl/N-ethyl adjacent to an activating group) is 1. The third-order valence-corrected chi connectivity index (χ3v) is 10.8. The Balaban J connectivity index is 1.27. The maximum Gasteiger partial charge on any atom is 0.265 e. The molecule has 4 atom stereocenters. The van der Waals surface area contributed by atoms with E-state index in [0.29, 0.717) is 37.0 Å². The van der Waals surface area contributed by atoms with Crippen molar-refractivity contribution in [3.8, 4) is 0 Å². The predicted molar refractivity (Wildman–Crippen MR) is 155 cm³/mol. The molecule has 2 saturated heterocycles. The molecule has 41 heavy (non-hydrogen) atoms. The lowest BCUT2D eigenvalue weighted by atomic mass is 9.70. The molecule has 2 aliphatic heterocycles. The highest BCUT2D eigenvalue weighted by Gasteiger charge is 2.62. The number of rotatable bonds is 9. The summed E-state index contributed by atoms with van der Waals surface area (Å²) in [5.74, 6) is 0.0748. The van der Waals surface area contributed by atoms with Gasteiger partial charge in [0.05, 0.1) is 23.7 Å². The number of thiazole rings is 1. The molecule has 0 unspecified atom stereocenters. The Kier molecular flexibility index (Phi) is 8.49. The molecule has 4 aliphatic rings. The Morgan fingerprint density at radius 1 is 1.10 bits per heavy atom. The zero-order valence-electron chi connectivity index (χ0n) is 25.0. The van der Waals surface area contributed by atoms with Crippen LogP contribution in [-0.2, 0) is 19.1 Å². The quantitative estimate of drug-likeness (QED) is 0.458. The zero-order chi connectivity index (χ0) is 29.5.